The SMILES string of the molecule is COc1ccc(C(OCC2OC(n3cc(C=CC(=O)NCCNC(=O)C(F)(F)F)c(=O)[nH]c3=O)CC2O[P+](O)(CCC#N)N(C(C)C)C(C)C)(c2ccccc2)c2ccc(OC)cc2)cc1. The number of benzene rings is 3. The number of hydrogen-bond donors (Lipinski definition) is 4. The number of nitrogens with zero attached hydrogens (tertiary/aromatic N) is 3. The van der Waals surface area contributed by atoms with Crippen molar-refractivity contribution in [3.63, 3.8) is 0 Å². The highest BCUT2D eigenvalue weighted by atomic mass is 31.2. The number of alkyl halides is 3. The molecule has 2 amide bonds. The molecule has 66 heavy (non-hydrogen) atoms. The number of aromatic nitrogens is 2. The van der Waals surface area contributed by atoms with Crippen LogP contribution in [-0.2, 0) is 29.2 Å². The number of nitrogens with one attached hydrogen (secondary N) is 3. The van der Waals surface area contributed by atoms with Gasteiger partial charge in [0.05, 0.1) is 38.9 Å². The van der Waals surface area contributed by atoms with Crippen molar-refractivity contribution in [2.45, 2.75) is 82.8 Å². The zero-order valence-corrected chi connectivity index (χ0v) is 38.3. The minimum atomic E-state index is -5.08. The zero-order chi connectivity index (χ0) is 48.2. The molecule has 4 atom stereocenters. The van der Waals surface area contributed by atoms with Crippen molar-refractivity contribution in [2.24, 2.45) is 0 Å². The Morgan fingerprint density at radius 1 is 0.939 bits per heavy atom. The Hall–Kier alpha value is -5.87. The van der Waals surface area contributed by atoms with Gasteiger partial charge in [0.1, 0.15) is 41.7 Å². The molecule has 0 spiro atoms. The predicted octanol–water partition coefficient (Wildman–Crippen LogP) is 5.83. The number of carbonyl (C=O) groups excluding carboxylic acids is 2. The number of aromatic amines is 1. The Labute approximate surface area is 380 Å². The molecule has 1 aromatic heterocycles. The van der Waals surface area contributed by atoms with Gasteiger partial charge in [0.2, 0.25) is 5.91 Å². The van der Waals surface area contributed by atoms with Gasteiger partial charge in [-0.2, -0.15) is 23.0 Å². The molecule has 4 N–H and O–H groups in total. The molecule has 3 aromatic carbocycles. The average molecular weight is 940 g/mol. The molecule has 354 valence electrons. The summed E-state index contributed by atoms with van der Waals surface area (Å²) in [6.07, 6.45) is -5.00. The van der Waals surface area contributed by atoms with Crippen LogP contribution in [0.1, 0.15) is 69.0 Å². The lowest BCUT2D eigenvalue weighted by Crippen LogP contribution is -2.42. The Balaban J connectivity index is 1.56. The molecule has 16 nitrogen and oxygen atoms in total. The number of carbonyl (C=O) groups is 2. The molecule has 4 aromatic rings. The first-order chi connectivity index (χ1) is 31.4. The van der Waals surface area contributed by atoms with Gasteiger partial charge in [-0.15, -0.1) is 4.67 Å². The first-order valence-electron chi connectivity index (χ1n) is 21.1. The minimum Gasteiger partial charge on any atom is -0.497 e. The number of rotatable bonds is 21. The lowest BCUT2D eigenvalue weighted by Gasteiger charge is -2.38. The van der Waals surface area contributed by atoms with Crippen molar-refractivity contribution >= 4 is 25.8 Å². The van der Waals surface area contributed by atoms with Crippen LogP contribution in [0.5, 0.6) is 11.5 Å². The van der Waals surface area contributed by atoms with E-state index in [0.29, 0.717) is 11.5 Å². The van der Waals surface area contributed by atoms with E-state index in [1.165, 1.54) is 6.20 Å². The summed E-state index contributed by atoms with van der Waals surface area (Å²) in [6, 6.07) is 26.0. The number of ether oxygens (including phenoxy) is 4. The Morgan fingerprint density at radius 2 is 1.50 bits per heavy atom. The molecule has 4 unspecified atom stereocenters. The second-order valence-electron chi connectivity index (χ2n) is 15.8. The zero-order valence-electron chi connectivity index (χ0n) is 37.4. The summed E-state index contributed by atoms with van der Waals surface area (Å²) in [4.78, 5) is 64.9. The van der Waals surface area contributed by atoms with Crippen LogP contribution in [-0.4, -0.2) is 101 Å². The molecular formula is C46H55F3N6O10P+. The molecule has 0 radical (unpaired) electrons. The highest BCUT2D eigenvalue weighted by Gasteiger charge is 2.54. The fourth-order valence-electron chi connectivity index (χ4n) is 7.89. The third-order valence-electron chi connectivity index (χ3n) is 10.7. The van der Waals surface area contributed by atoms with Crippen LogP contribution < -0.4 is 31.4 Å². The van der Waals surface area contributed by atoms with Gasteiger partial charge >= 0.3 is 25.6 Å². The number of nitriles is 1. The van der Waals surface area contributed by atoms with E-state index in [-0.39, 0.29) is 49.8 Å². The van der Waals surface area contributed by atoms with Crippen LogP contribution in [0.2, 0.25) is 0 Å². The Kier molecular flexibility index (Phi) is 17.5. The molecule has 0 bridgehead atoms. The lowest BCUT2D eigenvalue weighted by molar-refractivity contribution is -0.173. The van der Waals surface area contributed by atoms with Gasteiger partial charge in [0.15, 0.2) is 0 Å². The largest absolute Gasteiger partial charge is 0.497 e. The van der Waals surface area contributed by atoms with Gasteiger partial charge in [0.25, 0.3) is 5.56 Å². The van der Waals surface area contributed by atoms with Crippen molar-refractivity contribution in [1.82, 2.24) is 24.9 Å². The van der Waals surface area contributed by atoms with E-state index in [9.17, 15) is 42.5 Å². The number of H-pyrrole nitrogens is 1. The maximum atomic E-state index is 13.6. The standard InChI is InChI=1S/C46H54F3N6O10P/c1-30(2)55(31(3)4)66(60,26-10-23-50)65-38-27-41(54-28-32(42(57)53-44(54)59)13-22-40(56)51-24-25-52-43(58)46(47,48)49)64-39(38)29-63-45(33-11-8-7-9-12-33,34-14-18-36(61-5)19-15-34)35-16-20-37(62-6)21-17-35/h7-9,11-22,28,30-31,38-39,41,60H,10,24-27,29H2,1-6H3,(H2-,51,52,53,56,57,58,59)/p+1. The van der Waals surface area contributed by atoms with Gasteiger partial charge in [-0.1, -0.05) is 54.6 Å². The average Bonchev–Trinajstić information content (AvgIpc) is 3.68. The van der Waals surface area contributed by atoms with Crippen molar-refractivity contribution in [1.29, 1.82) is 5.26 Å². The fourth-order valence-corrected chi connectivity index (χ4v) is 10.8. The molecule has 1 saturated heterocycles. The first-order valence-corrected chi connectivity index (χ1v) is 22.9. The summed E-state index contributed by atoms with van der Waals surface area (Å²) in [6.45, 7) is 6.59. The summed E-state index contributed by atoms with van der Waals surface area (Å²) < 4.78 is 72.1. The van der Waals surface area contributed by atoms with Crippen LogP contribution in [0, 0.1) is 11.3 Å². The van der Waals surface area contributed by atoms with E-state index in [0.717, 1.165) is 33.4 Å². The lowest BCUT2D eigenvalue weighted by atomic mass is 9.80. The van der Waals surface area contributed by atoms with Crippen molar-refractivity contribution in [3.05, 3.63) is 134 Å². The second-order valence-corrected chi connectivity index (χ2v) is 18.3. The van der Waals surface area contributed by atoms with Gasteiger partial charge < -0.3 is 29.6 Å². The third kappa shape index (κ3) is 12.3. The molecule has 20 heteroatoms. The van der Waals surface area contributed by atoms with Crippen LogP contribution in [0.15, 0.2) is 101 Å². The van der Waals surface area contributed by atoms with Crippen LogP contribution in [0.25, 0.3) is 6.08 Å². The molecule has 1 aliphatic heterocycles. The van der Waals surface area contributed by atoms with E-state index in [1.807, 2.05) is 111 Å². The molecule has 0 aliphatic carbocycles. The van der Waals surface area contributed by atoms with E-state index in [2.05, 4.69) is 16.4 Å². The van der Waals surface area contributed by atoms with Crippen molar-refractivity contribution in [3.8, 4) is 17.6 Å². The quantitative estimate of drug-likeness (QED) is 0.0337. The van der Waals surface area contributed by atoms with Crippen molar-refractivity contribution in [2.75, 3.05) is 40.1 Å². The van der Waals surface area contributed by atoms with Crippen LogP contribution >= 0.6 is 7.87 Å². The summed E-state index contributed by atoms with van der Waals surface area (Å²) in [5.41, 5.74) is -0.976. The Bertz CT molecular complexity index is 2390. The normalized spacial score (nSPS) is 17.5. The van der Waals surface area contributed by atoms with Gasteiger partial charge in [0, 0.05) is 43.9 Å². The monoisotopic (exact) mass is 939 g/mol. The van der Waals surface area contributed by atoms with E-state index in [4.69, 9.17) is 23.5 Å². The molecule has 1 fully saturated rings. The third-order valence-corrected chi connectivity index (χ3v) is 13.8. The van der Waals surface area contributed by atoms with E-state index < -0.39 is 67.7 Å². The molecule has 1 aliphatic rings. The van der Waals surface area contributed by atoms with E-state index in [1.54, 1.807) is 19.5 Å². The van der Waals surface area contributed by atoms with Crippen LogP contribution in [0.4, 0.5) is 13.2 Å². The van der Waals surface area contributed by atoms with Crippen molar-refractivity contribution < 1.29 is 51.1 Å². The number of halogens is 3. The fraction of sp³-hybridized carbons (Fsp3) is 0.413. The predicted molar refractivity (Wildman–Crippen MR) is 240 cm³/mol. The smallest absolute Gasteiger partial charge is 0.471 e. The maximum Gasteiger partial charge on any atom is 0.471 e. The maximum absolute atomic E-state index is 13.6. The number of hydrogen-bond acceptors (Lipinski definition) is 12. The highest BCUT2D eigenvalue weighted by molar-refractivity contribution is 7.63. The Morgan fingerprint density at radius 3 is 2.03 bits per heavy atom. The van der Waals surface area contributed by atoms with Gasteiger partial charge in [-0.25, -0.2) is 9.69 Å². The summed E-state index contributed by atoms with van der Waals surface area (Å²) >= 11 is 0. The summed E-state index contributed by atoms with van der Waals surface area (Å²) in [5, 5.41) is 13.6. The van der Waals surface area contributed by atoms with E-state index >= 15 is 0 Å². The summed E-state index contributed by atoms with van der Waals surface area (Å²) in [7, 11) is -0.448. The molecule has 5 rings (SSSR count). The summed E-state index contributed by atoms with van der Waals surface area (Å²) in [5.74, 6) is -1.73. The first kappa shape index (κ1) is 51.1. The van der Waals surface area contributed by atoms with Crippen LogP contribution in [0.3, 0.4) is 0 Å². The minimum absolute atomic E-state index is 0.00453. The molecule has 2 heterocycles. The highest BCUT2D eigenvalue weighted by Crippen LogP contribution is 2.63. The van der Waals surface area contributed by atoms with Gasteiger partial charge in [-0.3, -0.25) is 23.9 Å². The molecular weight excluding hydrogens is 885 g/mol. The molecule has 0 saturated carbocycles. The topological polar surface area (TPSA) is 206 Å². The second kappa shape index (κ2) is 22.6. The number of amides is 2. The van der Waals surface area contributed by atoms with Gasteiger partial charge in [-0.05, 0) is 74.7 Å². The number of methoxy groups -OCH3 is 2.